The first-order valence-electron chi connectivity index (χ1n) is 4.37. The Labute approximate surface area is 74.0 Å². The molecule has 0 spiro atoms. The van der Waals surface area contributed by atoms with E-state index < -0.39 is 0 Å². The largest absolute Gasteiger partial charge is 0.301 e. The lowest BCUT2D eigenvalue weighted by molar-refractivity contribution is 0.335. The van der Waals surface area contributed by atoms with E-state index in [1.165, 1.54) is 11.1 Å². The van der Waals surface area contributed by atoms with E-state index in [9.17, 15) is 0 Å². The Bertz CT molecular complexity index is 253. The van der Waals surface area contributed by atoms with E-state index in [-0.39, 0.29) is 0 Å². The van der Waals surface area contributed by atoms with Crippen LogP contribution in [0.5, 0.6) is 0 Å². The van der Waals surface area contributed by atoms with Gasteiger partial charge in [-0.05, 0) is 31.0 Å². The molecule has 0 atom stereocenters. The van der Waals surface area contributed by atoms with Gasteiger partial charge in [0.1, 0.15) is 0 Å². The zero-order chi connectivity index (χ0) is 8.55. The molecule has 0 aromatic heterocycles. The summed E-state index contributed by atoms with van der Waals surface area (Å²) in [5.41, 5.74) is 3.00. The van der Waals surface area contributed by atoms with Gasteiger partial charge in [0.05, 0.1) is 0 Å². The first kappa shape index (κ1) is 7.81. The molecular formula is C11H14N. The van der Waals surface area contributed by atoms with Gasteiger partial charge in [-0.2, -0.15) is 0 Å². The van der Waals surface area contributed by atoms with Gasteiger partial charge in [0, 0.05) is 13.1 Å². The third kappa shape index (κ3) is 1.25. The fraction of sp³-hybridized carbons (Fsp3) is 0.364. The molecule has 1 nitrogen and oxygen atoms in total. The molecule has 0 saturated carbocycles. The van der Waals surface area contributed by atoms with Crippen LogP contribution in [-0.2, 0) is 12.8 Å². The number of hydrogen-bond donors (Lipinski definition) is 0. The molecule has 2 rings (SSSR count). The molecule has 0 unspecified atom stereocenters. The van der Waals surface area contributed by atoms with Crippen molar-refractivity contribution in [1.29, 1.82) is 0 Å². The summed E-state index contributed by atoms with van der Waals surface area (Å²) in [5.74, 6) is 0. The average molecular weight is 160 g/mol. The van der Waals surface area contributed by atoms with E-state index >= 15 is 0 Å². The molecule has 1 aromatic rings. The number of nitrogens with zero attached hydrogens (tertiary/aromatic N) is 1. The molecule has 1 heteroatoms. The van der Waals surface area contributed by atoms with Gasteiger partial charge in [0.2, 0.25) is 0 Å². The summed E-state index contributed by atoms with van der Waals surface area (Å²) in [7, 11) is 5.99. The van der Waals surface area contributed by atoms with Gasteiger partial charge in [-0.3, -0.25) is 0 Å². The fourth-order valence-electron chi connectivity index (χ4n) is 1.85. The highest BCUT2D eigenvalue weighted by atomic mass is 15.1. The maximum absolute atomic E-state index is 3.94. The van der Waals surface area contributed by atoms with Crippen molar-refractivity contribution in [3.05, 3.63) is 42.4 Å². The van der Waals surface area contributed by atoms with Crippen LogP contribution in [0, 0.1) is 7.05 Å². The molecule has 0 saturated heterocycles. The molecule has 12 heavy (non-hydrogen) atoms. The molecule has 0 bridgehead atoms. The average Bonchev–Trinajstić information content (AvgIpc) is 2.46. The Hall–Kier alpha value is -0.820. The predicted octanol–water partition coefficient (Wildman–Crippen LogP) is 1.88. The van der Waals surface area contributed by atoms with Crippen LogP contribution in [0.25, 0.3) is 0 Å². The first-order chi connectivity index (χ1) is 5.77. The molecule has 1 radical (unpaired) electrons. The van der Waals surface area contributed by atoms with Gasteiger partial charge in [0.15, 0.2) is 0 Å². The van der Waals surface area contributed by atoms with E-state index in [0.29, 0.717) is 6.04 Å². The number of fused-ring (bicyclic) bond motifs is 1. The summed E-state index contributed by atoms with van der Waals surface area (Å²) >= 11 is 0. The Kier molecular flexibility index (Phi) is 1.89. The van der Waals surface area contributed by atoms with Gasteiger partial charge in [-0.15, -0.1) is 0 Å². The van der Waals surface area contributed by atoms with E-state index in [2.05, 4.69) is 43.3 Å². The van der Waals surface area contributed by atoms with E-state index in [1.807, 2.05) is 0 Å². The molecule has 0 N–H and O–H groups in total. The summed E-state index contributed by atoms with van der Waals surface area (Å²) in [4.78, 5) is 2.07. The van der Waals surface area contributed by atoms with Crippen LogP contribution in [0.1, 0.15) is 11.1 Å². The summed E-state index contributed by atoms with van der Waals surface area (Å²) in [6.07, 6.45) is 2.33. The van der Waals surface area contributed by atoms with Gasteiger partial charge < -0.3 is 4.90 Å². The van der Waals surface area contributed by atoms with E-state index in [0.717, 1.165) is 12.8 Å². The minimum absolute atomic E-state index is 0.613. The second kappa shape index (κ2) is 2.91. The number of benzene rings is 1. The third-order valence-corrected chi connectivity index (χ3v) is 2.65. The Morgan fingerprint density at radius 2 is 1.75 bits per heavy atom. The first-order valence-corrected chi connectivity index (χ1v) is 4.37. The minimum Gasteiger partial charge on any atom is -0.301 e. The molecule has 0 fully saturated rings. The summed E-state index contributed by atoms with van der Waals surface area (Å²) in [6.45, 7) is 0. The maximum atomic E-state index is 3.94. The minimum atomic E-state index is 0.613. The van der Waals surface area contributed by atoms with Crippen molar-refractivity contribution in [3.8, 4) is 0 Å². The van der Waals surface area contributed by atoms with Gasteiger partial charge in [0.25, 0.3) is 0 Å². The van der Waals surface area contributed by atoms with E-state index in [4.69, 9.17) is 0 Å². The number of likely N-dealkylation sites (N-methyl/N-ethyl adjacent to an activating group) is 1. The normalized spacial score (nSPS) is 16.9. The molecule has 1 aromatic carbocycles. The van der Waals surface area contributed by atoms with Crippen LogP contribution in [0.4, 0.5) is 0 Å². The molecule has 63 valence electrons. The topological polar surface area (TPSA) is 3.24 Å². The van der Waals surface area contributed by atoms with Crippen LogP contribution in [0.3, 0.4) is 0 Å². The van der Waals surface area contributed by atoms with Crippen molar-refractivity contribution >= 4 is 0 Å². The second-order valence-electron chi connectivity index (χ2n) is 3.59. The lowest BCUT2D eigenvalue weighted by atomic mass is 10.1. The molecular weight excluding hydrogens is 146 g/mol. The third-order valence-electron chi connectivity index (χ3n) is 2.65. The second-order valence-corrected chi connectivity index (χ2v) is 3.59. The van der Waals surface area contributed by atoms with Crippen molar-refractivity contribution in [2.45, 2.75) is 18.9 Å². The van der Waals surface area contributed by atoms with Crippen LogP contribution in [-0.4, -0.2) is 18.0 Å². The van der Waals surface area contributed by atoms with Crippen molar-refractivity contribution in [2.24, 2.45) is 0 Å². The van der Waals surface area contributed by atoms with Crippen molar-refractivity contribution in [2.75, 3.05) is 7.05 Å². The van der Waals surface area contributed by atoms with Crippen LogP contribution < -0.4 is 0 Å². The van der Waals surface area contributed by atoms with Gasteiger partial charge in [-0.1, -0.05) is 24.3 Å². The van der Waals surface area contributed by atoms with Crippen LogP contribution in [0.15, 0.2) is 24.3 Å². The Morgan fingerprint density at radius 3 is 2.17 bits per heavy atom. The standard InChI is InChI=1S/C11H14N/c1-12(2)11-7-9-5-3-4-6-10(9)8-11/h3-6,11H,1,7-8H2,2H3. The lowest BCUT2D eigenvalue weighted by Gasteiger charge is -2.17. The van der Waals surface area contributed by atoms with Crippen LogP contribution in [0.2, 0.25) is 0 Å². The summed E-state index contributed by atoms with van der Waals surface area (Å²) < 4.78 is 0. The monoisotopic (exact) mass is 160 g/mol. The number of rotatable bonds is 1. The Morgan fingerprint density at radius 1 is 1.25 bits per heavy atom. The predicted molar refractivity (Wildman–Crippen MR) is 50.8 cm³/mol. The molecule has 0 aliphatic heterocycles. The zero-order valence-corrected chi connectivity index (χ0v) is 7.46. The molecule has 0 amide bonds. The van der Waals surface area contributed by atoms with Crippen molar-refractivity contribution in [1.82, 2.24) is 4.90 Å². The zero-order valence-electron chi connectivity index (χ0n) is 7.46. The van der Waals surface area contributed by atoms with Gasteiger partial charge >= 0.3 is 0 Å². The fourth-order valence-corrected chi connectivity index (χ4v) is 1.85. The Balaban J connectivity index is 2.22. The quantitative estimate of drug-likeness (QED) is 0.606. The lowest BCUT2D eigenvalue weighted by Crippen LogP contribution is -2.26. The van der Waals surface area contributed by atoms with Gasteiger partial charge in [-0.25, -0.2) is 0 Å². The summed E-state index contributed by atoms with van der Waals surface area (Å²) in [6, 6.07) is 9.29. The highest BCUT2D eigenvalue weighted by Gasteiger charge is 2.21. The smallest absolute Gasteiger partial charge is 0.0174 e. The highest BCUT2D eigenvalue weighted by Crippen LogP contribution is 2.23. The van der Waals surface area contributed by atoms with Crippen LogP contribution >= 0.6 is 0 Å². The maximum Gasteiger partial charge on any atom is 0.0174 e. The summed E-state index contributed by atoms with van der Waals surface area (Å²) in [5, 5.41) is 0. The van der Waals surface area contributed by atoms with Crippen molar-refractivity contribution < 1.29 is 0 Å². The van der Waals surface area contributed by atoms with Crippen molar-refractivity contribution in [3.63, 3.8) is 0 Å². The molecule has 0 heterocycles. The van der Waals surface area contributed by atoms with E-state index in [1.54, 1.807) is 0 Å². The molecule has 1 aliphatic carbocycles. The highest BCUT2D eigenvalue weighted by molar-refractivity contribution is 5.33. The number of hydrogen-bond acceptors (Lipinski definition) is 1. The molecule has 1 aliphatic rings. The SMILES string of the molecule is [CH2]N(C)C1Cc2ccccc2C1.